The van der Waals surface area contributed by atoms with E-state index in [1.165, 1.54) is 7.11 Å². The number of carbonyl (C=O) groups excluding carboxylic acids is 1. The van der Waals surface area contributed by atoms with Crippen LogP contribution in [-0.4, -0.2) is 26.7 Å². The predicted octanol–water partition coefficient (Wildman–Crippen LogP) is 4.12. The molecule has 1 amide bonds. The van der Waals surface area contributed by atoms with Crippen LogP contribution in [0.4, 0.5) is 0 Å². The molecule has 0 bridgehead atoms. The first-order valence-corrected chi connectivity index (χ1v) is 7.71. The van der Waals surface area contributed by atoms with Gasteiger partial charge in [0.25, 0.3) is 5.91 Å². The van der Waals surface area contributed by atoms with E-state index in [1.54, 1.807) is 31.4 Å². The Bertz CT molecular complexity index is 691. The van der Waals surface area contributed by atoms with Crippen molar-refractivity contribution in [3.63, 3.8) is 0 Å². The van der Waals surface area contributed by atoms with Crippen LogP contribution in [0, 0.1) is 0 Å². The first-order chi connectivity index (χ1) is 11.1. The molecular formula is C17H17Cl2NO3. The van der Waals surface area contributed by atoms with Crippen molar-refractivity contribution in [2.75, 3.05) is 20.8 Å². The van der Waals surface area contributed by atoms with Crippen LogP contribution in [0.5, 0.6) is 5.75 Å². The van der Waals surface area contributed by atoms with Crippen molar-refractivity contribution >= 4 is 29.1 Å². The number of halogens is 2. The Kier molecular flexibility index (Phi) is 6.28. The van der Waals surface area contributed by atoms with Crippen LogP contribution in [-0.2, 0) is 4.74 Å². The van der Waals surface area contributed by atoms with Crippen LogP contribution in [0.3, 0.4) is 0 Å². The number of rotatable bonds is 6. The monoisotopic (exact) mass is 353 g/mol. The SMILES string of the molecule is COc1ccc(Cl)cc1C(=O)NC[C@H](OC)c1ccccc1Cl. The molecule has 4 nitrogen and oxygen atoms in total. The molecule has 1 atom stereocenters. The average Bonchev–Trinajstić information content (AvgIpc) is 2.56. The number of benzene rings is 2. The Morgan fingerprint density at radius 1 is 1.17 bits per heavy atom. The van der Waals surface area contributed by atoms with Crippen LogP contribution in [0.2, 0.25) is 10.0 Å². The summed E-state index contributed by atoms with van der Waals surface area (Å²) in [6.45, 7) is 0.273. The topological polar surface area (TPSA) is 47.6 Å². The highest BCUT2D eigenvalue weighted by Crippen LogP contribution is 2.25. The molecule has 6 heteroatoms. The van der Waals surface area contributed by atoms with Crippen LogP contribution >= 0.6 is 23.2 Å². The maximum absolute atomic E-state index is 12.4. The van der Waals surface area contributed by atoms with Crippen LogP contribution in [0.1, 0.15) is 22.0 Å². The van der Waals surface area contributed by atoms with Gasteiger partial charge in [0.2, 0.25) is 0 Å². The van der Waals surface area contributed by atoms with Gasteiger partial charge in [-0.25, -0.2) is 0 Å². The number of methoxy groups -OCH3 is 2. The van der Waals surface area contributed by atoms with Gasteiger partial charge in [-0.3, -0.25) is 4.79 Å². The lowest BCUT2D eigenvalue weighted by Gasteiger charge is -2.18. The molecule has 0 aliphatic rings. The zero-order valence-corrected chi connectivity index (χ0v) is 14.3. The Morgan fingerprint density at radius 3 is 2.57 bits per heavy atom. The van der Waals surface area contributed by atoms with Crippen molar-refractivity contribution in [1.82, 2.24) is 5.32 Å². The standard InChI is InChI=1S/C17H17Cl2NO3/c1-22-15-8-7-11(18)9-13(15)17(21)20-10-16(23-2)12-5-3-4-6-14(12)19/h3-9,16H,10H2,1-2H3,(H,20,21)/t16-/m0/s1. The van der Waals surface area contributed by atoms with Gasteiger partial charge >= 0.3 is 0 Å². The minimum Gasteiger partial charge on any atom is -0.496 e. The minimum absolute atomic E-state index is 0.273. The number of nitrogens with one attached hydrogen (secondary N) is 1. The number of carbonyl (C=O) groups is 1. The number of amides is 1. The molecule has 0 fully saturated rings. The molecule has 23 heavy (non-hydrogen) atoms. The van der Waals surface area contributed by atoms with E-state index in [0.717, 1.165) is 5.56 Å². The van der Waals surface area contributed by atoms with Crippen molar-refractivity contribution in [1.29, 1.82) is 0 Å². The summed E-state index contributed by atoms with van der Waals surface area (Å²) in [5.74, 6) is 0.164. The van der Waals surface area contributed by atoms with Crippen LogP contribution in [0.25, 0.3) is 0 Å². The van der Waals surface area contributed by atoms with E-state index in [0.29, 0.717) is 21.4 Å². The lowest BCUT2D eigenvalue weighted by Crippen LogP contribution is -2.29. The van der Waals surface area contributed by atoms with E-state index < -0.39 is 0 Å². The first-order valence-electron chi connectivity index (χ1n) is 6.95. The van der Waals surface area contributed by atoms with Crippen LogP contribution < -0.4 is 10.1 Å². The van der Waals surface area contributed by atoms with E-state index in [9.17, 15) is 4.79 Å². The highest BCUT2D eigenvalue weighted by Gasteiger charge is 2.17. The molecule has 0 radical (unpaired) electrons. The maximum Gasteiger partial charge on any atom is 0.255 e. The predicted molar refractivity (Wildman–Crippen MR) is 91.5 cm³/mol. The molecule has 2 aromatic carbocycles. The van der Waals surface area contributed by atoms with Crippen molar-refractivity contribution < 1.29 is 14.3 Å². The Hall–Kier alpha value is -1.75. The highest BCUT2D eigenvalue weighted by atomic mass is 35.5. The van der Waals surface area contributed by atoms with Crippen molar-refractivity contribution in [2.45, 2.75) is 6.10 Å². The summed E-state index contributed by atoms with van der Waals surface area (Å²) in [4.78, 5) is 12.4. The molecule has 0 aromatic heterocycles. The summed E-state index contributed by atoms with van der Waals surface area (Å²) in [6, 6.07) is 12.2. The van der Waals surface area contributed by atoms with E-state index >= 15 is 0 Å². The molecule has 0 saturated carbocycles. The largest absolute Gasteiger partial charge is 0.496 e. The maximum atomic E-state index is 12.4. The molecule has 0 saturated heterocycles. The Labute approximate surface area is 145 Å². The number of hydrogen-bond donors (Lipinski definition) is 1. The van der Waals surface area contributed by atoms with Crippen molar-refractivity contribution in [3.8, 4) is 5.75 Å². The lowest BCUT2D eigenvalue weighted by atomic mass is 10.1. The second-order valence-electron chi connectivity index (χ2n) is 4.80. The molecule has 0 spiro atoms. The van der Waals surface area contributed by atoms with E-state index in [1.807, 2.05) is 18.2 Å². The average molecular weight is 354 g/mol. The van der Waals surface area contributed by atoms with Crippen molar-refractivity contribution in [3.05, 3.63) is 63.6 Å². The number of hydrogen-bond acceptors (Lipinski definition) is 3. The second-order valence-corrected chi connectivity index (χ2v) is 5.64. The van der Waals surface area contributed by atoms with Gasteiger partial charge in [0.15, 0.2) is 0 Å². The number of ether oxygens (including phenoxy) is 2. The zero-order valence-electron chi connectivity index (χ0n) is 12.8. The molecule has 0 unspecified atom stereocenters. The van der Waals surface area contributed by atoms with Gasteiger partial charge in [-0.2, -0.15) is 0 Å². The van der Waals surface area contributed by atoms with Gasteiger partial charge in [-0.05, 0) is 24.3 Å². The zero-order chi connectivity index (χ0) is 16.8. The van der Waals surface area contributed by atoms with E-state index in [4.69, 9.17) is 32.7 Å². The van der Waals surface area contributed by atoms with Gasteiger partial charge in [-0.1, -0.05) is 41.4 Å². The molecule has 0 heterocycles. The summed E-state index contributed by atoms with van der Waals surface area (Å²) in [7, 11) is 3.07. The smallest absolute Gasteiger partial charge is 0.255 e. The fraction of sp³-hybridized carbons (Fsp3) is 0.235. The lowest BCUT2D eigenvalue weighted by molar-refractivity contribution is 0.0826. The molecule has 0 aliphatic heterocycles. The normalized spacial score (nSPS) is 11.8. The van der Waals surface area contributed by atoms with Crippen molar-refractivity contribution in [2.24, 2.45) is 0 Å². The van der Waals surface area contributed by atoms with E-state index in [2.05, 4.69) is 5.32 Å². The van der Waals surface area contributed by atoms with Gasteiger partial charge < -0.3 is 14.8 Å². The summed E-state index contributed by atoms with van der Waals surface area (Å²) in [5, 5.41) is 3.87. The van der Waals surface area contributed by atoms with Gasteiger partial charge in [-0.15, -0.1) is 0 Å². The van der Waals surface area contributed by atoms with Gasteiger partial charge in [0.1, 0.15) is 11.9 Å². The molecule has 1 N–H and O–H groups in total. The highest BCUT2D eigenvalue weighted by molar-refractivity contribution is 6.31. The van der Waals surface area contributed by atoms with Gasteiger partial charge in [0.05, 0.1) is 12.7 Å². The fourth-order valence-electron chi connectivity index (χ4n) is 2.19. The Morgan fingerprint density at radius 2 is 1.91 bits per heavy atom. The van der Waals surface area contributed by atoms with E-state index in [-0.39, 0.29) is 18.6 Å². The summed E-state index contributed by atoms with van der Waals surface area (Å²) in [6.07, 6.45) is -0.349. The third-order valence-electron chi connectivity index (χ3n) is 3.39. The summed E-state index contributed by atoms with van der Waals surface area (Å²) >= 11 is 12.1. The van der Waals surface area contributed by atoms with Gasteiger partial charge in [0, 0.05) is 29.3 Å². The first kappa shape index (κ1) is 17.6. The van der Waals surface area contributed by atoms with Crippen LogP contribution in [0.15, 0.2) is 42.5 Å². The Balaban J connectivity index is 2.12. The summed E-state index contributed by atoms with van der Waals surface area (Å²) < 4.78 is 10.6. The molecule has 2 rings (SSSR count). The molecular weight excluding hydrogens is 337 g/mol. The molecule has 2 aromatic rings. The second kappa shape index (κ2) is 8.20. The molecule has 122 valence electrons. The third-order valence-corrected chi connectivity index (χ3v) is 3.97. The fourth-order valence-corrected chi connectivity index (χ4v) is 2.62. The minimum atomic E-state index is -0.349. The molecule has 0 aliphatic carbocycles. The third kappa shape index (κ3) is 4.38. The summed E-state index contributed by atoms with van der Waals surface area (Å²) in [5.41, 5.74) is 1.18. The quantitative estimate of drug-likeness (QED) is 0.849.